The third kappa shape index (κ3) is 4.08. The van der Waals surface area contributed by atoms with Crippen molar-refractivity contribution in [2.45, 2.75) is 6.43 Å². The van der Waals surface area contributed by atoms with Gasteiger partial charge in [-0.2, -0.15) is 0 Å². The first-order valence-corrected chi connectivity index (χ1v) is 7.45. The van der Waals surface area contributed by atoms with Gasteiger partial charge in [0.1, 0.15) is 6.61 Å². The van der Waals surface area contributed by atoms with Crippen molar-refractivity contribution in [2.75, 3.05) is 19.5 Å². The number of rotatable bonds is 5. The topological polar surface area (TPSA) is 74.4 Å². The van der Waals surface area contributed by atoms with Crippen molar-refractivity contribution in [1.29, 1.82) is 0 Å². The predicted octanol–water partition coefficient (Wildman–Crippen LogP) is 4.21. The summed E-state index contributed by atoms with van der Waals surface area (Å²) in [4.78, 5) is 15.6. The summed E-state index contributed by atoms with van der Waals surface area (Å²) in [5.41, 5.74) is 5.11. The van der Waals surface area contributed by atoms with Crippen LogP contribution in [0.2, 0.25) is 10.0 Å². The van der Waals surface area contributed by atoms with Gasteiger partial charge in [0.2, 0.25) is 0 Å². The maximum atomic E-state index is 14.6. The Kier molecular flexibility index (Phi) is 5.97. The molecule has 0 saturated heterocycles. The second-order valence-corrected chi connectivity index (χ2v) is 5.48. The largest absolute Gasteiger partial charge is 0.483 e. The fourth-order valence-electron chi connectivity index (χ4n) is 1.93. The lowest BCUT2D eigenvalue weighted by atomic mass is 10.1. The lowest BCUT2D eigenvalue weighted by molar-refractivity contribution is 0.0594. The predicted molar refractivity (Wildman–Crippen MR) is 86.9 cm³/mol. The molecular formula is C15H11Cl2F3N2O3. The molecule has 0 unspecified atom stereocenters. The highest BCUT2D eigenvalue weighted by Gasteiger charge is 2.22. The van der Waals surface area contributed by atoms with E-state index in [2.05, 4.69) is 9.72 Å². The summed E-state index contributed by atoms with van der Waals surface area (Å²) in [7, 11) is 1.11. The number of esters is 1. The van der Waals surface area contributed by atoms with E-state index in [9.17, 15) is 18.0 Å². The Morgan fingerprint density at radius 1 is 1.36 bits per heavy atom. The van der Waals surface area contributed by atoms with Crippen molar-refractivity contribution in [1.82, 2.24) is 4.98 Å². The molecule has 2 aromatic rings. The van der Waals surface area contributed by atoms with E-state index in [-0.39, 0.29) is 32.7 Å². The summed E-state index contributed by atoms with van der Waals surface area (Å²) in [6.45, 7) is -1.04. The van der Waals surface area contributed by atoms with E-state index < -0.39 is 30.6 Å². The molecule has 1 aromatic heterocycles. The lowest BCUT2D eigenvalue weighted by Gasteiger charge is -2.13. The number of methoxy groups -OCH3 is 1. The van der Waals surface area contributed by atoms with E-state index in [1.807, 2.05) is 0 Å². The summed E-state index contributed by atoms with van der Waals surface area (Å²) >= 11 is 11.7. The van der Waals surface area contributed by atoms with E-state index in [1.54, 1.807) is 0 Å². The van der Waals surface area contributed by atoms with Crippen LogP contribution in [0.4, 0.5) is 18.9 Å². The van der Waals surface area contributed by atoms with E-state index in [4.69, 9.17) is 33.7 Å². The minimum absolute atomic E-state index is 0.0449. The Morgan fingerprint density at radius 2 is 2.04 bits per heavy atom. The van der Waals surface area contributed by atoms with E-state index >= 15 is 0 Å². The fraction of sp³-hybridized carbons (Fsp3) is 0.200. The fourth-order valence-corrected chi connectivity index (χ4v) is 2.30. The zero-order valence-corrected chi connectivity index (χ0v) is 14.2. The maximum absolute atomic E-state index is 14.6. The number of anilines is 1. The van der Waals surface area contributed by atoms with Crippen LogP contribution in [-0.4, -0.2) is 31.1 Å². The number of hydrogen-bond donors (Lipinski definition) is 1. The molecule has 0 fully saturated rings. The van der Waals surface area contributed by atoms with Crippen LogP contribution in [-0.2, 0) is 4.74 Å². The van der Waals surface area contributed by atoms with Crippen molar-refractivity contribution >= 4 is 34.9 Å². The van der Waals surface area contributed by atoms with Gasteiger partial charge in [-0.3, -0.25) is 0 Å². The van der Waals surface area contributed by atoms with Crippen molar-refractivity contribution < 1.29 is 27.4 Å². The van der Waals surface area contributed by atoms with E-state index in [1.165, 1.54) is 18.2 Å². The number of carbonyl (C=O) groups excluding carboxylic acids is 1. The van der Waals surface area contributed by atoms with Gasteiger partial charge in [-0.05, 0) is 18.2 Å². The number of nitrogens with two attached hydrogens (primary N) is 1. The second-order valence-electron chi connectivity index (χ2n) is 4.69. The Balaban J connectivity index is 2.57. The van der Waals surface area contributed by atoms with Gasteiger partial charge in [0.15, 0.2) is 17.3 Å². The van der Waals surface area contributed by atoms with Gasteiger partial charge < -0.3 is 15.2 Å². The van der Waals surface area contributed by atoms with Gasteiger partial charge in [-0.1, -0.05) is 23.2 Å². The summed E-state index contributed by atoms with van der Waals surface area (Å²) < 4.78 is 48.5. The average molecular weight is 395 g/mol. The quantitative estimate of drug-likeness (QED) is 0.768. The number of halogens is 5. The molecular weight excluding hydrogens is 384 g/mol. The smallest absolute Gasteiger partial charge is 0.358 e. The summed E-state index contributed by atoms with van der Waals surface area (Å²) in [6, 6.07) is 3.70. The number of carbonyl (C=O) groups is 1. The number of hydrogen-bond acceptors (Lipinski definition) is 5. The third-order valence-corrected chi connectivity index (χ3v) is 3.74. The maximum Gasteiger partial charge on any atom is 0.358 e. The van der Waals surface area contributed by atoms with Gasteiger partial charge in [0, 0.05) is 5.56 Å². The number of ether oxygens (including phenoxy) is 2. The molecule has 2 rings (SSSR count). The molecule has 10 heteroatoms. The standard InChI is InChI=1S/C15H11Cl2F3N2O3/c1-24-15(23)13-11(17)8(21)4-9(22-13)6-2-3-7(16)14(12(6)20)25-5-10(18)19/h2-4,10H,5H2,1H3,(H2,21,22). The lowest BCUT2D eigenvalue weighted by Crippen LogP contribution is -2.10. The van der Waals surface area contributed by atoms with Crippen LogP contribution in [0.15, 0.2) is 18.2 Å². The number of benzene rings is 1. The van der Waals surface area contributed by atoms with Crippen molar-refractivity contribution in [3.63, 3.8) is 0 Å². The molecule has 2 N–H and O–H groups in total. The minimum Gasteiger partial charge on any atom is -0.483 e. The number of alkyl halides is 2. The number of nitrogen functional groups attached to an aromatic ring is 1. The normalized spacial score (nSPS) is 10.8. The van der Waals surface area contributed by atoms with Crippen LogP contribution in [0.1, 0.15) is 10.5 Å². The number of pyridine rings is 1. The highest BCUT2D eigenvalue weighted by atomic mass is 35.5. The van der Waals surface area contributed by atoms with Gasteiger partial charge in [0.25, 0.3) is 6.43 Å². The monoisotopic (exact) mass is 394 g/mol. The molecule has 5 nitrogen and oxygen atoms in total. The number of aromatic nitrogens is 1. The molecule has 0 aliphatic rings. The Labute approximate surface area is 150 Å². The molecule has 0 aliphatic heterocycles. The molecule has 0 radical (unpaired) electrons. The van der Waals surface area contributed by atoms with Crippen LogP contribution in [0, 0.1) is 5.82 Å². The highest BCUT2D eigenvalue weighted by molar-refractivity contribution is 6.35. The first kappa shape index (κ1) is 19.1. The van der Waals surface area contributed by atoms with Crippen molar-refractivity contribution in [3.05, 3.63) is 39.8 Å². The van der Waals surface area contributed by atoms with Gasteiger partial charge in [0.05, 0.1) is 28.5 Å². The zero-order valence-electron chi connectivity index (χ0n) is 12.7. The SMILES string of the molecule is COC(=O)c1nc(-c2ccc(Cl)c(OCC(F)F)c2F)cc(N)c1Cl. The van der Waals surface area contributed by atoms with E-state index in [0.717, 1.165) is 7.11 Å². The summed E-state index contributed by atoms with van der Waals surface area (Å²) in [5.74, 6) is -2.46. The molecule has 0 aliphatic carbocycles. The molecule has 134 valence electrons. The van der Waals surface area contributed by atoms with E-state index in [0.29, 0.717) is 0 Å². The van der Waals surface area contributed by atoms with Gasteiger partial charge >= 0.3 is 5.97 Å². The van der Waals surface area contributed by atoms with Gasteiger partial charge in [-0.25, -0.2) is 22.9 Å². The molecule has 0 spiro atoms. The first-order chi connectivity index (χ1) is 11.8. The molecule has 0 saturated carbocycles. The van der Waals surface area contributed by atoms with Crippen LogP contribution in [0.5, 0.6) is 5.75 Å². The number of nitrogens with zero attached hydrogens (tertiary/aromatic N) is 1. The first-order valence-electron chi connectivity index (χ1n) is 6.69. The second kappa shape index (κ2) is 7.79. The molecule has 0 amide bonds. The summed E-state index contributed by atoms with van der Waals surface area (Å²) in [6.07, 6.45) is -2.81. The van der Waals surface area contributed by atoms with Crippen LogP contribution in [0.3, 0.4) is 0 Å². The zero-order chi connectivity index (χ0) is 18.7. The highest BCUT2D eigenvalue weighted by Crippen LogP contribution is 2.36. The average Bonchev–Trinajstić information content (AvgIpc) is 2.56. The van der Waals surface area contributed by atoms with Crippen LogP contribution >= 0.6 is 23.2 Å². The van der Waals surface area contributed by atoms with Crippen LogP contribution in [0.25, 0.3) is 11.3 Å². The third-order valence-electron chi connectivity index (χ3n) is 3.04. The van der Waals surface area contributed by atoms with Crippen LogP contribution < -0.4 is 10.5 Å². The molecule has 0 bridgehead atoms. The molecule has 0 atom stereocenters. The molecule has 1 heterocycles. The van der Waals surface area contributed by atoms with Crippen molar-refractivity contribution in [2.24, 2.45) is 0 Å². The Morgan fingerprint density at radius 3 is 2.64 bits per heavy atom. The summed E-state index contributed by atoms with van der Waals surface area (Å²) in [5, 5.41) is -0.351. The molecule has 25 heavy (non-hydrogen) atoms. The Hall–Kier alpha value is -2.19. The van der Waals surface area contributed by atoms with Gasteiger partial charge in [-0.15, -0.1) is 0 Å². The minimum atomic E-state index is -2.81. The Bertz CT molecular complexity index is 819. The molecule has 1 aromatic carbocycles. The van der Waals surface area contributed by atoms with Crippen molar-refractivity contribution in [3.8, 4) is 17.0 Å².